The van der Waals surface area contributed by atoms with Gasteiger partial charge in [-0.2, -0.15) is 13.2 Å². The molecule has 2 heterocycles. The van der Waals surface area contributed by atoms with E-state index in [9.17, 15) is 13.2 Å². The first kappa shape index (κ1) is 23.2. The third kappa shape index (κ3) is 8.06. The lowest BCUT2D eigenvalue weighted by Gasteiger charge is -2.41. The van der Waals surface area contributed by atoms with Crippen LogP contribution < -0.4 is 15.4 Å². The summed E-state index contributed by atoms with van der Waals surface area (Å²) in [6.45, 7) is 9.53. The molecule has 0 atom stereocenters. The number of pyridine rings is 1. The summed E-state index contributed by atoms with van der Waals surface area (Å²) in [5.74, 6) is 0.525. The van der Waals surface area contributed by atoms with Crippen LogP contribution in [0.2, 0.25) is 0 Å². The zero-order valence-corrected chi connectivity index (χ0v) is 17.2. The molecule has 2 N–H and O–H groups in total. The third-order valence-corrected chi connectivity index (χ3v) is 4.53. The first-order valence-corrected chi connectivity index (χ1v) is 9.70. The van der Waals surface area contributed by atoms with Crippen LogP contribution in [0.5, 0.6) is 5.88 Å². The Morgan fingerprint density at radius 2 is 2.00 bits per heavy atom. The van der Waals surface area contributed by atoms with Crippen LogP contribution in [0.1, 0.15) is 26.3 Å². The number of guanidine groups is 1. The molecular formula is C19H30F3N5O2. The summed E-state index contributed by atoms with van der Waals surface area (Å²) in [6.07, 6.45) is -3.02. The van der Waals surface area contributed by atoms with Gasteiger partial charge < -0.3 is 20.1 Å². The van der Waals surface area contributed by atoms with E-state index in [-0.39, 0.29) is 18.0 Å². The van der Waals surface area contributed by atoms with E-state index in [4.69, 9.17) is 9.47 Å². The van der Waals surface area contributed by atoms with Gasteiger partial charge in [-0.25, -0.2) is 9.98 Å². The Kier molecular flexibility index (Phi) is 8.51. The van der Waals surface area contributed by atoms with Gasteiger partial charge in [0.2, 0.25) is 5.88 Å². The maximum absolute atomic E-state index is 12.4. The van der Waals surface area contributed by atoms with E-state index in [1.54, 1.807) is 12.1 Å². The number of hydrogen-bond donors (Lipinski definition) is 2. The Bertz CT molecular complexity index is 661. The molecule has 7 nitrogen and oxygen atoms in total. The molecule has 0 aromatic carbocycles. The van der Waals surface area contributed by atoms with Gasteiger partial charge >= 0.3 is 6.18 Å². The topological polar surface area (TPSA) is 71.0 Å². The monoisotopic (exact) mass is 417 g/mol. The molecule has 0 unspecified atom stereocenters. The quantitative estimate of drug-likeness (QED) is 0.499. The van der Waals surface area contributed by atoms with Gasteiger partial charge in [-0.15, -0.1) is 0 Å². The average molecular weight is 417 g/mol. The Balaban J connectivity index is 2.00. The molecule has 2 rings (SSSR count). The van der Waals surface area contributed by atoms with Crippen molar-refractivity contribution in [1.82, 2.24) is 20.5 Å². The molecule has 1 fully saturated rings. The average Bonchev–Trinajstić information content (AvgIpc) is 2.69. The lowest BCUT2D eigenvalue weighted by atomic mass is 10.0. The van der Waals surface area contributed by atoms with Gasteiger partial charge in [-0.05, 0) is 26.8 Å². The third-order valence-electron chi connectivity index (χ3n) is 4.53. The predicted octanol–water partition coefficient (Wildman–Crippen LogP) is 2.19. The highest BCUT2D eigenvalue weighted by Gasteiger charge is 2.29. The smallest absolute Gasteiger partial charge is 0.422 e. The van der Waals surface area contributed by atoms with Crippen molar-refractivity contribution < 1.29 is 22.6 Å². The van der Waals surface area contributed by atoms with Crippen LogP contribution in [0.15, 0.2) is 23.3 Å². The zero-order valence-electron chi connectivity index (χ0n) is 17.2. The van der Waals surface area contributed by atoms with Crippen LogP contribution >= 0.6 is 0 Å². The Morgan fingerprint density at radius 3 is 2.66 bits per heavy atom. The van der Waals surface area contributed by atoms with Gasteiger partial charge in [0.15, 0.2) is 12.6 Å². The fraction of sp³-hybridized carbons (Fsp3) is 0.684. The van der Waals surface area contributed by atoms with Gasteiger partial charge in [0, 0.05) is 43.5 Å². The minimum atomic E-state index is -4.42. The van der Waals surface area contributed by atoms with Gasteiger partial charge in [0.05, 0.1) is 19.8 Å². The molecule has 0 amide bonds. The van der Waals surface area contributed by atoms with Crippen LogP contribution in [0.25, 0.3) is 0 Å². The van der Waals surface area contributed by atoms with Crippen LogP contribution in [-0.2, 0) is 11.3 Å². The number of aliphatic imine (C=N–C) groups is 1. The predicted molar refractivity (Wildman–Crippen MR) is 105 cm³/mol. The fourth-order valence-electron chi connectivity index (χ4n) is 2.91. The zero-order chi connectivity index (χ0) is 21.3. The van der Waals surface area contributed by atoms with Gasteiger partial charge in [0.1, 0.15) is 0 Å². The van der Waals surface area contributed by atoms with Crippen LogP contribution in [0.3, 0.4) is 0 Å². The van der Waals surface area contributed by atoms with Crippen LogP contribution in [0, 0.1) is 0 Å². The second kappa shape index (κ2) is 10.6. The van der Waals surface area contributed by atoms with Gasteiger partial charge in [0.25, 0.3) is 0 Å². The van der Waals surface area contributed by atoms with Crippen molar-refractivity contribution in [2.75, 3.05) is 46.0 Å². The summed E-state index contributed by atoms with van der Waals surface area (Å²) >= 11 is 0. The van der Waals surface area contributed by atoms with Crippen molar-refractivity contribution in [3.05, 3.63) is 23.9 Å². The minimum absolute atomic E-state index is 0.0573. The SMILES string of the molecule is CCNC(=NCc1cccnc1OCC(F)(F)F)NCC(C)(C)N1CCOCC1. The summed E-state index contributed by atoms with van der Waals surface area (Å²) in [4.78, 5) is 10.7. The van der Waals surface area contributed by atoms with E-state index in [1.165, 1.54) is 6.20 Å². The van der Waals surface area contributed by atoms with Crippen molar-refractivity contribution >= 4 is 5.96 Å². The maximum atomic E-state index is 12.4. The molecule has 1 aromatic heterocycles. The standard InChI is InChI=1S/C19H30F3N5O2/c1-4-23-17(26-13-18(2,3)27-8-10-28-11-9-27)25-12-15-6-5-7-24-16(15)29-14-19(20,21)22/h5-7H,4,8-14H2,1-3H3,(H2,23,25,26). The first-order valence-electron chi connectivity index (χ1n) is 9.70. The van der Waals surface area contributed by atoms with E-state index in [0.717, 1.165) is 26.3 Å². The molecule has 0 bridgehead atoms. The molecule has 0 radical (unpaired) electrons. The number of morpholine rings is 1. The Hall–Kier alpha value is -2.07. The van der Waals surface area contributed by atoms with Crippen LogP contribution in [-0.4, -0.2) is 73.6 Å². The summed E-state index contributed by atoms with van der Waals surface area (Å²) in [5, 5.41) is 6.48. The molecule has 0 spiro atoms. The van der Waals surface area contributed by atoms with E-state index in [2.05, 4.69) is 39.4 Å². The molecule has 29 heavy (non-hydrogen) atoms. The second-order valence-electron chi connectivity index (χ2n) is 7.33. The van der Waals surface area contributed by atoms with Gasteiger partial charge in [-0.3, -0.25) is 4.90 Å². The van der Waals surface area contributed by atoms with E-state index < -0.39 is 12.8 Å². The largest absolute Gasteiger partial charge is 0.468 e. The molecule has 1 saturated heterocycles. The van der Waals surface area contributed by atoms with Crippen molar-refractivity contribution in [3.63, 3.8) is 0 Å². The van der Waals surface area contributed by atoms with Crippen molar-refractivity contribution in [3.8, 4) is 5.88 Å². The summed E-state index contributed by atoms with van der Waals surface area (Å²) in [6, 6.07) is 3.30. The van der Waals surface area contributed by atoms with Crippen molar-refractivity contribution in [2.45, 2.75) is 39.0 Å². The number of alkyl halides is 3. The summed E-state index contributed by atoms with van der Waals surface area (Å²) in [5.41, 5.74) is 0.385. The fourth-order valence-corrected chi connectivity index (χ4v) is 2.91. The molecule has 10 heteroatoms. The second-order valence-corrected chi connectivity index (χ2v) is 7.33. The highest BCUT2D eigenvalue weighted by atomic mass is 19.4. The van der Waals surface area contributed by atoms with Crippen molar-refractivity contribution in [1.29, 1.82) is 0 Å². The number of aromatic nitrogens is 1. The van der Waals surface area contributed by atoms with Crippen LogP contribution in [0.4, 0.5) is 13.2 Å². The highest BCUT2D eigenvalue weighted by Crippen LogP contribution is 2.20. The normalized spacial score (nSPS) is 16.6. The molecule has 0 saturated carbocycles. The lowest BCUT2D eigenvalue weighted by molar-refractivity contribution is -0.154. The molecular weight excluding hydrogens is 387 g/mol. The molecule has 1 aliphatic heterocycles. The van der Waals surface area contributed by atoms with E-state index >= 15 is 0 Å². The number of rotatable bonds is 8. The molecule has 0 aliphatic carbocycles. The summed E-state index contributed by atoms with van der Waals surface area (Å²) in [7, 11) is 0. The number of nitrogens with one attached hydrogen (secondary N) is 2. The number of ether oxygens (including phenoxy) is 2. The first-order chi connectivity index (χ1) is 13.7. The maximum Gasteiger partial charge on any atom is 0.422 e. The summed E-state index contributed by atoms with van der Waals surface area (Å²) < 4.78 is 47.6. The number of nitrogens with zero attached hydrogens (tertiary/aromatic N) is 3. The van der Waals surface area contributed by atoms with Gasteiger partial charge in [-0.1, -0.05) is 6.07 Å². The van der Waals surface area contributed by atoms with Crippen molar-refractivity contribution in [2.24, 2.45) is 4.99 Å². The molecule has 164 valence electrons. The molecule has 1 aromatic rings. The Labute approximate surface area is 169 Å². The number of halogens is 3. The Morgan fingerprint density at radius 1 is 1.28 bits per heavy atom. The van der Waals surface area contributed by atoms with E-state index in [0.29, 0.717) is 24.6 Å². The van der Waals surface area contributed by atoms with E-state index in [1.807, 2.05) is 6.92 Å². The minimum Gasteiger partial charge on any atom is -0.468 e. The molecule has 1 aliphatic rings. The lowest BCUT2D eigenvalue weighted by Crippen LogP contribution is -2.56. The highest BCUT2D eigenvalue weighted by molar-refractivity contribution is 5.79. The number of hydrogen-bond acceptors (Lipinski definition) is 5.